The normalized spacial score (nSPS) is 10.3. The van der Waals surface area contributed by atoms with Crippen LogP contribution in [0.1, 0.15) is 13.3 Å². The standard InChI is InChI=1S/C13H14FN3S/c1-2-8-15-13-16-9-7-12(17-13)18-11-6-4-3-5-10(11)14/h3-7,9H,2,8H2,1H3,(H,15,16,17). The minimum atomic E-state index is -0.232. The minimum absolute atomic E-state index is 0.232. The number of aromatic nitrogens is 2. The van der Waals surface area contributed by atoms with E-state index >= 15 is 0 Å². The first kappa shape index (κ1) is 12.8. The first-order valence-electron chi connectivity index (χ1n) is 5.79. The lowest BCUT2D eigenvalue weighted by Crippen LogP contribution is -2.04. The molecule has 0 atom stereocenters. The third-order valence-corrected chi connectivity index (χ3v) is 3.20. The summed E-state index contributed by atoms with van der Waals surface area (Å²) in [6.07, 6.45) is 2.68. The lowest BCUT2D eigenvalue weighted by molar-refractivity contribution is 0.602. The van der Waals surface area contributed by atoms with Crippen LogP contribution >= 0.6 is 11.8 Å². The monoisotopic (exact) mass is 263 g/mol. The molecule has 0 saturated heterocycles. The van der Waals surface area contributed by atoms with Crippen molar-refractivity contribution in [3.05, 3.63) is 42.3 Å². The molecule has 0 bridgehead atoms. The van der Waals surface area contributed by atoms with E-state index in [4.69, 9.17) is 0 Å². The molecule has 0 amide bonds. The first-order chi connectivity index (χ1) is 8.79. The highest BCUT2D eigenvalue weighted by Crippen LogP contribution is 2.28. The molecule has 3 nitrogen and oxygen atoms in total. The highest BCUT2D eigenvalue weighted by atomic mass is 32.2. The molecule has 0 fully saturated rings. The number of halogens is 1. The van der Waals surface area contributed by atoms with Crippen molar-refractivity contribution in [2.75, 3.05) is 11.9 Å². The Labute approximate surface area is 110 Å². The van der Waals surface area contributed by atoms with Gasteiger partial charge in [0.25, 0.3) is 0 Å². The summed E-state index contributed by atoms with van der Waals surface area (Å²) in [5, 5.41) is 3.84. The molecule has 94 valence electrons. The topological polar surface area (TPSA) is 37.8 Å². The maximum absolute atomic E-state index is 13.5. The summed E-state index contributed by atoms with van der Waals surface area (Å²) in [7, 11) is 0. The van der Waals surface area contributed by atoms with Gasteiger partial charge in [0.05, 0.1) is 0 Å². The number of anilines is 1. The third kappa shape index (κ3) is 3.43. The van der Waals surface area contributed by atoms with Crippen LogP contribution in [0.25, 0.3) is 0 Å². The molecule has 18 heavy (non-hydrogen) atoms. The van der Waals surface area contributed by atoms with Crippen LogP contribution in [0, 0.1) is 5.82 Å². The average Bonchev–Trinajstić information content (AvgIpc) is 2.40. The molecule has 1 heterocycles. The van der Waals surface area contributed by atoms with Crippen LogP contribution in [0.15, 0.2) is 46.5 Å². The Kier molecular flexibility index (Phi) is 4.52. The summed E-state index contributed by atoms with van der Waals surface area (Å²) in [5.74, 6) is 0.349. The van der Waals surface area contributed by atoms with Gasteiger partial charge in [-0.25, -0.2) is 14.4 Å². The molecule has 1 aromatic carbocycles. The highest BCUT2D eigenvalue weighted by molar-refractivity contribution is 7.99. The van der Waals surface area contributed by atoms with E-state index in [-0.39, 0.29) is 5.82 Å². The van der Waals surface area contributed by atoms with Gasteiger partial charge in [0.2, 0.25) is 5.95 Å². The number of rotatable bonds is 5. The first-order valence-corrected chi connectivity index (χ1v) is 6.60. The molecule has 5 heteroatoms. The van der Waals surface area contributed by atoms with Gasteiger partial charge in [-0.3, -0.25) is 0 Å². The SMILES string of the molecule is CCCNc1nccc(Sc2ccccc2F)n1. The Morgan fingerprint density at radius 1 is 1.28 bits per heavy atom. The number of hydrogen-bond acceptors (Lipinski definition) is 4. The molecule has 2 aromatic rings. The Hall–Kier alpha value is -1.62. The van der Waals surface area contributed by atoms with E-state index < -0.39 is 0 Å². The van der Waals surface area contributed by atoms with E-state index in [1.807, 2.05) is 6.07 Å². The maximum atomic E-state index is 13.5. The molecule has 1 N–H and O–H groups in total. The van der Waals surface area contributed by atoms with Gasteiger partial charge >= 0.3 is 0 Å². The molecule has 2 rings (SSSR count). The molecule has 0 radical (unpaired) electrons. The quantitative estimate of drug-likeness (QED) is 0.837. The lowest BCUT2D eigenvalue weighted by atomic mass is 10.3. The van der Waals surface area contributed by atoms with E-state index in [2.05, 4.69) is 22.2 Å². The maximum Gasteiger partial charge on any atom is 0.223 e. The second-order valence-corrected chi connectivity index (χ2v) is 4.74. The highest BCUT2D eigenvalue weighted by Gasteiger charge is 2.05. The Morgan fingerprint density at radius 2 is 2.11 bits per heavy atom. The van der Waals surface area contributed by atoms with Gasteiger partial charge in [-0.1, -0.05) is 30.8 Å². The van der Waals surface area contributed by atoms with Crippen molar-refractivity contribution in [2.45, 2.75) is 23.3 Å². The van der Waals surface area contributed by atoms with Crippen LogP contribution in [-0.4, -0.2) is 16.5 Å². The number of hydrogen-bond donors (Lipinski definition) is 1. The van der Waals surface area contributed by atoms with Crippen LogP contribution in [0.2, 0.25) is 0 Å². The largest absolute Gasteiger partial charge is 0.354 e. The van der Waals surface area contributed by atoms with Crippen LogP contribution < -0.4 is 5.32 Å². The zero-order valence-corrected chi connectivity index (χ0v) is 10.9. The van der Waals surface area contributed by atoms with Gasteiger partial charge in [-0.2, -0.15) is 0 Å². The average molecular weight is 263 g/mol. The zero-order chi connectivity index (χ0) is 12.8. The van der Waals surface area contributed by atoms with E-state index in [9.17, 15) is 4.39 Å². The van der Waals surface area contributed by atoms with E-state index in [0.29, 0.717) is 10.8 Å². The van der Waals surface area contributed by atoms with Crippen molar-refractivity contribution < 1.29 is 4.39 Å². The fourth-order valence-corrected chi connectivity index (χ4v) is 2.16. The molecule has 0 saturated carbocycles. The summed E-state index contributed by atoms with van der Waals surface area (Å²) in [6.45, 7) is 2.90. The molecule has 0 aliphatic heterocycles. The summed E-state index contributed by atoms with van der Waals surface area (Å²) in [4.78, 5) is 9.00. The van der Waals surface area contributed by atoms with Crippen molar-refractivity contribution >= 4 is 17.7 Å². The van der Waals surface area contributed by atoms with Crippen LogP contribution in [0.4, 0.5) is 10.3 Å². The van der Waals surface area contributed by atoms with Gasteiger partial charge in [-0.15, -0.1) is 0 Å². The van der Waals surface area contributed by atoms with E-state index in [1.54, 1.807) is 24.4 Å². The van der Waals surface area contributed by atoms with Gasteiger partial charge < -0.3 is 5.32 Å². The smallest absolute Gasteiger partial charge is 0.223 e. The fourth-order valence-electron chi connectivity index (χ4n) is 1.36. The second kappa shape index (κ2) is 6.35. The zero-order valence-electron chi connectivity index (χ0n) is 10.1. The summed E-state index contributed by atoms with van der Waals surface area (Å²) in [5.41, 5.74) is 0. The predicted molar refractivity (Wildman–Crippen MR) is 71.3 cm³/mol. The van der Waals surface area contributed by atoms with Crippen LogP contribution in [0.3, 0.4) is 0 Å². The molecule has 0 aliphatic rings. The fraction of sp³-hybridized carbons (Fsp3) is 0.231. The Balaban J connectivity index is 2.12. The van der Waals surface area contributed by atoms with Gasteiger partial charge in [-0.05, 0) is 24.6 Å². The third-order valence-electron chi connectivity index (χ3n) is 2.21. The van der Waals surface area contributed by atoms with Gasteiger partial charge in [0.15, 0.2) is 0 Å². The Morgan fingerprint density at radius 3 is 2.89 bits per heavy atom. The van der Waals surface area contributed by atoms with E-state index in [0.717, 1.165) is 18.0 Å². The van der Waals surface area contributed by atoms with Crippen molar-refractivity contribution in [2.24, 2.45) is 0 Å². The Bertz CT molecular complexity index is 519. The molecule has 0 aliphatic carbocycles. The molecule has 0 unspecified atom stereocenters. The molecule has 0 spiro atoms. The van der Waals surface area contributed by atoms with Crippen molar-refractivity contribution in [3.8, 4) is 0 Å². The van der Waals surface area contributed by atoms with Crippen molar-refractivity contribution in [3.63, 3.8) is 0 Å². The van der Waals surface area contributed by atoms with Crippen molar-refractivity contribution in [1.82, 2.24) is 9.97 Å². The number of benzene rings is 1. The minimum Gasteiger partial charge on any atom is -0.354 e. The van der Waals surface area contributed by atoms with Crippen molar-refractivity contribution in [1.29, 1.82) is 0 Å². The summed E-state index contributed by atoms with van der Waals surface area (Å²) >= 11 is 1.30. The van der Waals surface area contributed by atoms with Gasteiger partial charge in [0, 0.05) is 17.6 Å². The molecular weight excluding hydrogens is 249 g/mol. The lowest BCUT2D eigenvalue weighted by Gasteiger charge is -2.05. The molecular formula is C13H14FN3S. The molecule has 1 aromatic heterocycles. The summed E-state index contributed by atoms with van der Waals surface area (Å²) in [6, 6.07) is 8.44. The van der Waals surface area contributed by atoms with Crippen LogP contribution in [-0.2, 0) is 0 Å². The second-order valence-electron chi connectivity index (χ2n) is 3.68. The van der Waals surface area contributed by atoms with Gasteiger partial charge in [0.1, 0.15) is 10.8 Å². The van der Waals surface area contributed by atoms with Crippen LogP contribution in [0.5, 0.6) is 0 Å². The predicted octanol–water partition coefficient (Wildman–Crippen LogP) is 3.59. The number of nitrogens with one attached hydrogen (secondary N) is 1. The number of nitrogens with zero attached hydrogens (tertiary/aromatic N) is 2. The van der Waals surface area contributed by atoms with E-state index in [1.165, 1.54) is 17.8 Å². The summed E-state index contributed by atoms with van der Waals surface area (Å²) < 4.78 is 13.5.